The summed E-state index contributed by atoms with van der Waals surface area (Å²) in [5.41, 5.74) is -1.83. The van der Waals surface area contributed by atoms with Crippen LogP contribution in [0.4, 0.5) is 13.2 Å². The molecule has 7 unspecified atom stereocenters. The van der Waals surface area contributed by atoms with Crippen molar-refractivity contribution in [2.45, 2.75) is 124 Å². The molecule has 0 aromatic heterocycles. The van der Waals surface area contributed by atoms with Gasteiger partial charge in [0.05, 0.1) is 16.9 Å². The van der Waals surface area contributed by atoms with Crippen LogP contribution in [0.2, 0.25) is 0 Å². The summed E-state index contributed by atoms with van der Waals surface area (Å²) in [6.07, 6.45) is -2.47. The number of hydrogen-bond donors (Lipinski definition) is 1. The Morgan fingerprint density at radius 1 is 0.869 bits per heavy atom. The molecule has 3 fully saturated rings. The van der Waals surface area contributed by atoms with E-state index in [-0.39, 0.29) is 23.4 Å². The Labute approximate surface area is 356 Å². The van der Waals surface area contributed by atoms with Crippen LogP contribution in [-0.2, 0) is 39.0 Å². The van der Waals surface area contributed by atoms with Gasteiger partial charge in [0.2, 0.25) is 0 Å². The largest absolute Gasteiger partial charge is 0.457 e. The number of benzene rings is 3. The molecule has 13 heteroatoms. The van der Waals surface area contributed by atoms with Crippen molar-refractivity contribution in [3.8, 4) is 22.9 Å². The second kappa shape index (κ2) is 19.2. The molecule has 61 heavy (non-hydrogen) atoms. The zero-order chi connectivity index (χ0) is 45.6. The molecule has 6 rings (SSSR count). The van der Waals surface area contributed by atoms with Gasteiger partial charge >= 0.3 is 30.1 Å². The van der Waals surface area contributed by atoms with Crippen molar-refractivity contribution in [1.82, 2.24) is 0 Å². The first-order valence-corrected chi connectivity index (χ1v) is 20.7. The molecule has 1 saturated heterocycles. The lowest BCUT2D eigenvalue weighted by Crippen LogP contribution is -2.40. The molecule has 0 spiro atoms. The van der Waals surface area contributed by atoms with Crippen molar-refractivity contribution in [3.63, 3.8) is 0 Å². The van der Waals surface area contributed by atoms with E-state index in [1.54, 1.807) is 26.0 Å². The van der Waals surface area contributed by atoms with Crippen molar-refractivity contribution in [3.05, 3.63) is 90.0 Å². The highest BCUT2D eigenvalue weighted by Gasteiger charge is 2.72. The molecule has 0 radical (unpaired) electrons. The van der Waals surface area contributed by atoms with E-state index in [0.29, 0.717) is 30.9 Å². The molecule has 3 aliphatic rings. The Balaban J connectivity index is 0.000000205. The van der Waals surface area contributed by atoms with Crippen LogP contribution in [0.25, 0.3) is 11.1 Å². The molecule has 2 bridgehead atoms. The van der Waals surface area contributed by atoms with E-state index in [9.17, 15) is 42.7 Å². The van der Waals surface area contributed by atoms with Gasteiger partial charge in [0.1, 0.15) is 18.0 Å². The van der Waals surface area contributed by atoms with Gasteiger partial charge in [-0.25, -0.2) is 4.79 Å². The second-order valence-electron chi connectivity index (χ2n) is 17.5. The van der Waals surface area contributed by atoms with E-state index in [0.717, 1.165) is 36.5 Å². The summed E-state index contributed by atoms with van der Waals surface area (Å²) in [6, 6.07) is 25.8. The highest BCUT2D eigenvalue weighted by molar-refractivity contribution is 5.85. The summed E-state index contributed by atoms with van der Waals surface area (Å²) in [5.74, 6) is -1.16. The number of halogens is 3. The van der Waals surface area contributed by atoms with Gasteiger partial charge < -0.3 is 24.1 Å². The minimum atomic E-state index is -4.66. The van der Waals surface area contributed by atoms with Gasteiger partial charge in [0.25, 0.3) is 0 Å². The number of hydrogen-bond acceptors (Lipinski definition) is 10. The first kappa shape index (κ1) is 48.4. The van der Waals surface area contributed by atoms with E-state index in [1.165, 1.54) is 12.1 Å². The maximum Gasteiger partial charge on any atom is 0.421 e. The number of alkyl halides is 3. The quantitative estimate of drug-likeness (QED) is 0.106. The summed E-state index contributed by atoms with van der Waals surface area (Å²) in [6.45, 7) is 15.5. The van der Waals surface area contributed by atoms with Gasteiger partial charge in [-0.05, 0) is 107 Å². The van der Waals surface area contributed by atoms with E-state index in [1.807, 2.05) is 84.0 Å². The number of esters is 4. The number of fused-ring (bicyclic) bond motifs is 1. The predicted molar refractivity (Wildman–Crippen MR) is 221 cm³/mol. The number of nitrogens with zero attached hydrogens (tertiary/aromatic N) is 1. The van der Waals surface area contributed by atoms with Crippen LogP contribution in [0.1, 0.15) is 111 Å². The fourth-order valence-electron chi connectivity index (χ4n) is 7.21. The average Bonchev–Trinajstić information content (AvgIpc) is 3.85. The summed E-state index contributed by atoms with van der Waals surface area (Å²) in [5, 5.41) is 18.8. The van der Waals surface area contributed by atoms with Gasteiger partial charge in [-0.15, -0.1) is 0 Å². The molecule has 7 atom stereocenters. The Bertz CT molecular complexity index is 2040. The summed E-state index contributed by atoms with van der Waals surface area (Å²) >= 11 is 0. The minimum Gasteiger partial charge on any atom is -0.457 e. The summed E-state index contributed by atoms with van der Waals surface area (Å²) in [4.78, 5) is 47.9. The molecular weight excluding hydrogens is 792 g/mol. The maximum absolute atomic E-state index is 12.6. The Morgan fingerprint density at radius 2 is 1.43 bits per heavy atom. The predicted octanol–water partition coefficient (Wildman–Crippen LogP) is 10.0. The maximum atomic E-state index is 12.6. The third-order valence-electron chi connectivity index (χ3n) is 12.6. The van der Waals surface area contributed by atoms with Crippen LogP contribution in [0.5, 0.6) is 5.75 Å². The van der Waals surface area contributed by atoms with Gasteiger partial charge in [0.15, 0.2) is 17.6 Å². The van der Waals surface area contributed by atoms with Crippen LogP contribution in [0.3, 0.4) is 0 Å². The highest BCUT2D eigenvalue weighted by Crippen LogP contribution is 2.62. The molecule has 330 valence electrons. The summed E-state index contributed by atoms with van der Waals surface area (Å²) in [7, 11) is 0. The highest BCUT2D eigenvalue weighted by atomic mass is 19.4. The van der Waals surface area contributed by atoms with Crippen LogP contribution in [-0.4, -0.2) is 54.0 Å². The zero-order valence-corrected chi connectivity index (χ0v) is 36.4. The number of carbonyl (C=O) groups excluding carboxylic acids is 4. The zero-order valence-electron chi connectivity index (χ0n) is 36.4. The van der Waals surface area contributed by atoms with Crippen molar-refractivity contribution >= 4 is 23.9 Å². The smallest absolute Gasteiger partial charge is 0.421 e. The second-order valence-corrected chi connectivity index (χ2v) is 17.5. The minimum absolute atomic E-state index is 0.0576. The number of aliphatic hydroxyl groups is 1. The van der Waals surface area contributed by atoms with E-state index in [4.69, 9.17) is 18.9 Å². The number of ether oxygens (including phenoxy) is 4. The first-order chi connectivity index (χ1) is 28.5. The Hall–Kier alpha value is -5.22. The van der Waals surface area contributed by atoms with Gasteiger partial charge in [0, 0.05) is 11.8 Å². The Morgan fingerprint density at radius 3 is 1.95 bits per heavy atom. The molecule has 3 aromatic carbocycles. The van der Waals surface area contributed by atoms with Crippen LogP contribution >= 0.6 is 0 Å². The molecular formula is C48H58F3NO9. The topological polar surface area (TPSA) is 149 Å². The van der Waals surface area contributed by atoms with Crippen molar-refractivity contribution < 1.29 is 56.4 Å². The molecule has 1 aliphatic heterocycles. The van der Waals surface area contributed by atoms with Gasteiger partial charge in [-0.3, -0.25) is 14.4 Å². The van der Waals surface area contributed by atoms with E-state index in [2.05, 4.69) is 18.2 Å². The molecule has 10 nitrogen and oxygen atoms in total. The number of rotatable bonds is 12. The van der Waals surface area contributed by atoms with Crippen molar-refractivity contribution in [1.29, 1.82) is 5.26 Å². The molecule has 1 N–H and O–H groups in total. The third-order valence-corrected chi connectivity index (χ3v) is 12.6. The van der Waals surface area contributed by atoms with Crippen molar-refractivity contribution in [2.75, 3.05) is 6.61 Å². The fraction of sp³-hybridized carbons (Fsp3) is 0.521. The summed E-state index contributed by atoms with van der Waals surface area (Å²) < 4.78 is 58.9. The lowest BCUT2D eigenvalue weighted by atomic mass is 9.75. The van der Waals surface area contributed by atoms with Crippen LogP contribution in [0, 0.1) is 39.4 Å². The normalized spacial score (nSPS) is 22.8. The van der Waals surface area contributed by atoms with Gasteiger partial charge in [-0.1, -0.05) is 94.4 Å². The van der Waals surface area contributed by atoms with E-state index < -0.39 is 64.7 Å². The SMILES string of the molecule is CCC(C)(C)C(=O)OCC(=O)OC1C2CC3C1OC(=O)C3(C#N)C2.CCC(C)(C)C(=O)Oc1ccc(-c2ccccc2)cc1.CCC(C)c1ccc(C(C)(O)C(F)(F)F)cc1. The van der Waals surface area contributed by atoms with Crippen LogP contribution in [0.15, 0.2) is 78.9 Å². The lowest BCUT2D eigenvalue weighted by Gasteiger charge is -2.28. The first-order valence-electron chi connectivity index (χ1n) is 20.7. The van der Waals surface area contributed by atoms with E-state index >= 15 is 0 Å². The lowest BCUT2D eigenvalue weighted by molar-refractivity contribution is -0.258. The number of nitriles is 1. The molecule has 3 aromatic rings. The molecule has 1 heterocycles. The fourth-order valence-corrected chi connectivity index (χ4v) is 7.21. The number of carbonyl (C=O) groups is 4. The molecule has 2 aliphatic carbocycles. The average molecular weight is 850 g/mol. The third kappa shape index (κ3) is 10.8. The van der Waals surface area contributed by atoms with Gasteiger partial charge in [-0.2, -0.15) is 18.4 Å². The monoisotopic (exact) mass is 849 g/mol. The molecule has 2 saturated carbocycles. The van der Waals surface area contributed by atoms with Crippen LogP contribution < -0.4 is 4.74 Å². The van der Waals surface area contributed by atoms with Crippen molar-refractivity contribution in [2.24, 2.45) is 28.1 Å². The Kier molecular flexibility index (Phi) is 15.3. The molecule has 0 amide bonds. The standard InChI is InChI=1S/C18H20O2.C17H21NO6.C13H17F3O/c1-4-18(2,3)17(19)20-16-12-10-15(11-13-16)14-8-6-5-7-9-14;1-4-16(2,3)14(20)22-7-11(19)23-12-9-5-10-13(12)24-15(21)17(10,6-9)8-18;1-4-9(2)10-5-7-11(8-6-10)12(3,17)13(14,15)16/h5-13H,4H2,1-3H3;9-10,12-13H,4-7H2,1-3H3;5-9,17H,4H2,1-3H3.